The zero-order chi connectivity index (χ0) is 10.3. The third-order valence-corrected chi connectivity index (χ3v) is 1.80. The van der Waals surface area contributed by atoms with E-state index in [0.29, 0.717) is 0 Å². The maximum absolute atomic E-state index is 3.78. The zero-order valence-corrected chi connectivity index (χ0v) is 8.80. The molecule has 0 bridgehead atoms. The van der Waals surface area contributed by atoms with E-state index in [4.69, 9.17) is 0 Å². The molecule has 0 saturated heterocycles. The molecule has 0 saturated carbocycles. The number of allylic oxidation sites excluding steroid dienone is 8. The van der Waals surface area contributed by atoms with Crippen molar-refractivity contribution in [2.45, 2.75) is 20.8 Å². The van der Waals surface area contributed by atoms with Crippen LogP contribution in [-0.2, 0) is 0 Å². The Morgan fingerprint density at radius 3 is 2.08 bits per heavy atom. The van der Waals surface area contributed by atoms with Gasteiger partial charge in [-0.1, -0.05) is 49.1 Å². The van der Waals surface area contributed by atoms with Gasteiger partial charge in [0, 0.05) is 0 Å². The lowest BCUT2D eigenvalue weighted by Gasteiger charge is -1.99. The van der Waals surface area contributed by atoms with Crippen molar-refractivity contribution in [1.29, 1.82) is 0 Å². The fourth-order valence-corrected chi connectivity index (χ4v) is 0.984. The molecule has 0 spiro atoms. The number of hydrogen-bond acceptors (Lipinski definition) is 0. The molecule has 0 aromatic heterocycles. The first-order valence-electron chi connectivity index (χ1n) is 4.42. The molecule has 0 aliphatic rings. The summed E-state index contributed by atoms with van der Waals surface area (Å²) in [5.41, 5.74) is 3.52. The van der Waals surface area contributed by atoms with E-state index in [1.807, 2.05) is 32.1 Å². The molecule has 0 fully saturated rings. The van der Waals surface area contributed by atoms with Crippen LogP contribution in [0.15, 0.2) is 60.3 Å². The maximum atomic E-state index is 3.78. The van der Waals surface area contributed by atoms with Gasteiger partial charge in [-0.25, -0.2) is 0 Å². The molecule has 70 valence electrons. The molecule has 0 unspecified atom stereocenters. The second-order valence-corrected chi connectivity index (χ2v) is 2.93. The first-order valence-corrected chi connectivity index (χ1v) is 4.42. The van der Waals surface area contributed by atoms with Gasteiger partial charge in [0.05, 0.1) is 0 Å². The van der Waals surface area contributed by atoms with Crippen molar-refractivity contribution in [3.05, 3.63) is 60.3 Å². The minimum absolute atomic E-state index is 1.15. The van der Waals surface area contributed by atoms with E-state index in [1.54, 1.807) is 0 Å². The Balaban J connectivity index is 4.99. The fraction of sp³-hybridized carbons (Fsp3) is 0.231. The van der Waals surface area contributed by atoms with E-state index >= 15 is 0 Å². The molecular formula is C13H18. The van der Waals surface area contributed by atoms with Gasteiger partial charge in [0.15, 0.2) is 0 Å². The first-order chi connectivity index (χ1) is 6.15. The van der Waals surface area contributed by atoms with Crippen molar-refractivity contribution >= 4 is 0 Å². The molecule has 0 rings (SSSR count). The summed E-state index contributed by atoms with van der Waals surface area (Å²) < 4.78 is 0. The van der Waals surface area contributed by atoms with Gasteiger partial charge in [0.1, 0.15) is 0 Å². The molecule has 13 heavy (non-hydrogen) atoms. The van der Waals surface area contributed by atoms with Crippen LogP contribution in [0, 0.1) is 0 Å². The summed E-state index contributed by atoms with van der Waals surface area (Å²) in [5, 5.41) is 0. The second kappa shape index (κ2) is 6.24. The van der Waals surface area contributed by atoms with E-state index in [0.717, 1.165) is 11.1 Å². The van der Waals surface area contributed by atoms with Crippen LogP contribution in [0.25, 0.3) is 0 Å². The standard InChI is InChI=1S/C13H18/c1-6-9-12(5)13(8-3)10-11(4)7-2/h6-10H,2-3H2,1,4-5H3/b9-6-,11-10-,13-12+. The Labute approximate surface area is 81.7 Å². The van der Waals surface area contributed by atoms with Crippen LogP contribution in [-0.4, -0.2) is 0 Å². The minimum Gasteiger partial charge on any atom is -0.0988 e. The monoisotopic (exact) mass is 174 g/mol. The van der Waals surface area contributed by atoms with E-state index < -0.39 is 0 Å². The highest BCUT2D eigenvalue weighted by atomic mass is 14.0. The lowest BCUT2D eigenvalue weighted by Crippen LogP contribution is -1.79. The Kier molecular flexibility index (Phi) is 5.62. The third kappa shape index (κ3) is 4.32. The molecule has 0 radical (unpaired) electrons. The third-order valence-electron chi connectivity index (χ3n) is 1.80. The van der Waals surface area contributed by atoms with E-state index in [2.05, 4.69) is 32.2 Å². The Morgan fingerprint density at radius 2 is 1.69 bits per heavy atom. The van der Waals surface area contributed by atoms with Gasteiger partial charge in [-0.15, -0.1) is 0 Å². The van der Waals surface area contributed by atoms with Crippen molar-refractivity contribution in [2.75, 3.05) is 0 Å². The zero-order valence-electron chi connectivity index (χ0n) is 8.80. The van der Waals surface area contributed by atoms with Gasteiger partial charge in [0.2, 0.25) is 0 Å². The van der Waals surface area contributed by atoms with Crippen LogP contribution in [0.5, 0.6) is 0 Å². The second-order valence-electron chi connectivity index (χ2n) is 2.93. The van der Waals surface area contributed by atoms with E-state index in [9.17, 15) is 0 Å². The summed E-state index contributed by atoms with van der Waals surface area (Å²) in [6.07, 6.45) is 9.88. The van der Waals surface area contributed by atoms with Crippen LogP contribution in [0.4, 0.5) is 0 Å². The molecule has 0 N–H and O–H groups in total. The summed E-state index contributed by atoms with van der Waals surface area (Å²) in [7, 11) is 0. The molecule has 0 aliphatic carbocycles. The summed E-state index contributed by atoms with van der Waals surface area (Å²) >= 11 is 0. The molecule has 0 aromatic carbocycles. The van der Waals surface area contributed by atoms with Crippen LogP contribution in [0.2, 0.25) is 0 Å². The molecule has 0 amide bonds. The Hall–Kier alpha value is -1.30. The van der Waals surface area contributed by atoms with Gasteiger partial charge >= 0.3 is 0 Å². The Bertz CT molecular complexity index is 272. The SMILES string of the molecule is C=C\C(C)=C/C(C=C)=C(C)/C=C\C. The molecule has 0 heterocycles. The summed E-state index contributed by atoms with van der Waals surface area (Å²) in [6, 6.07) is 0. The first kappa shape index (κ1) is 11.7. The quantitative estimate of drug-likeness (QED) is 0.560. The minimum atomic E-state index is 1.15. The van der Waals surface area contributed by atoms with Crippen molar-refractivity contribution in [2.24, 2.45) is 0 Å². The topological polar surface area (TPSA) is 0 Å². The van der Waals surface area contributed by atoms with Crippen LogP contribution in [0.1, 0.15) is 20.8 Å². The maximum Gasteiger partial charge on any atom is -0.0231 e. The van der Waals surface area contributed by atoms with Gasteiger partial charge in [-0.05, 0) is 31.9 Å². The molecule has 0 nitrogen and oxygen atoms in total. The van der Waals surface area contributed by atoms with Crippen LogP contribution in [0.3, 0.4) is 0 Å². The lowest BCUT2D eigenvalue weighted by molar-refractivity contribution is 1.41. The van der Waals surface area contributed by atoms with E-state index in [-0.39, 0.29) is 0 Å². The van der Waals surface area contributed by atoms with Gasteiger partial charge in [0.25, 0.3) is 0 Å². The van der Waals surface area contributed by atoms with Gasteiger partial charge < -0.3 is 0 Å². The van der Waals surface area contributed by atoms with Crippen LogP contribution >= 0.6 is 0 Å². The molecule has 0 atom stereocenters. The highest BCUT2D eigenvalue weighted by molar-refractivity contribution is 5.41. The molecule has 0 aliphatic heterocycles. The van der Waals surface area contributed by atoms with Crippen LogP contribution < -0.4 is 0 Å². The summed E-state index contributed by atoms with van der Waals surface area (Å²) in [4.78, 5) is 0. The predicted molar refractivity (Wildman–Crippen MR) is 61.7 cm³/mol. The van der Waals surface area contributed by atoms with Crippen molar-refractivity contribution in [1.82, 2.24) is 0 Å². The predicted octanol–water partition coefficient (Wildman–Crippen LogP) is 4.20. The summed E-state index contributed by atoms with van der Waals surface area (Å²) in [6.45, 7) is 13.6. The van der Waals surface area contributed by atoms with Crippen molar-refractivity contribution < 1.29 is 0 Å². The number of rotatable bonds is 4. The molecular weight excluding hydrogens is 156 g/mol. The molecule has 0 heteroatoms. The highest BCUT2D eigenvalue weighted by Crippen LogP contribution is 2.11. The average molecular weight is 174 g/mol. The van der Waals surface area contributed by atoms with Gasteiger partial charge in [-0.2, -0.15) is 0 Å². The summed E-state index contributed by atoms with van der Waals surface area (Å²) in [5.74, 6) is 0. The van der Waals surface area contributed by atoms with Crippen molar-refractivity contribution in [3.8, 4) is 0 Å². The van der Waals surface area contributed by atoms with Gasteiger partial charge in [-0.3, -0.25) is 0 Å². The normalized spacial score (nSPS) is 14.2. The lowest BCUT2D eigenvalue weighted by atomic mass is 10.1. The van der Waals surface area contributed by atoms with E-state index in [1.165, 1.54) is 5.57 Å². The Morgan fingerprint density at radius 1 is 1.08 bits per heavy atom. The number of hydrogen-bond donors (Lipinski definition) is 0. The largest absolute Gasteiger partial charge is 0.0988 e. The highest BCUT2D eigenvalue weighted by Gasteiger charge is 1.91. The van der Waals surface area contributed by atoms with Crippen molar-refractivity contribution in [3.63, 3.8) is 0 Å². The smallest absolute Gasteiger partial charge is 0.0231 e. The average Bonchev–Trinajstić information content (AvgIpc) is 2.14. The molecule has 0 aromatic rings. The fourth-order valence-electron chi connectivity index (χ4n) is 0.984.